The van der Waals surface area contributed by atoms with Crippen LogP contribution in [-0.2, 0) is 20.9 Å². The molecule has 1 aromatic carbocycles. The van der Waals surface area contributed by atoms with E-state index in [1.54, 1.807) is 12.0 Å². The van der Waals surface area contributed by atoms with Gasteiger partial charge in [-0.15, -0.1) is 0 Å². The van der Waals surface area contributed by atoms with Crippen LogP contribution in [0.4, 0.5) is 0 Å². The molecule has 0 bridgehead atoms. The van der Waals surface area contributed by atoms with E-state index in [4.69, 9.17) is 4.74 Å². The normalized spacial score (nSPS) is 22.6. The number of fused-ring (bicyclic) bond motifs is 1. The summed E-state index contributed by atoms with van der Waals surface area (Å²) in [6, 6.07) is 7.50. The molecule has 0 saturated heterocycles. The van der Waals surface area contributed by atoms with Crippen molar-refractivity contribution in [3.8, 4) is 0 Å². The Balaban J connectivity index is 1.87. The van der Waals surface area contributed by atoms with Gasteiger partial charge < -0.3 is 14.7 Å². The number of amides is 1. The lowest BCUT2D eigenvalue weighted by atomic mass is 9.68. The first-order valence-corrected chi connectivity index (χ1v) is 7.66. The molecule has 1 fully saturated rings. The highest BCUT2D eigenvalue weighted by Crippen LogP contribution is 2.44. The maximum absolute atomic E-state index is 12.9. The Bertz CT molecular complexity index is 594. The highest BCUT2D eigenvalue weighted by Gasteiger charge is 2.47. The number of carboxylic acid groups (broad SMARTS) is 1. The van der Waals surface area contributed by atoms with Crippen molar-refractivity contribution in [1.29, 1.82) is 0 Å². The molecule has 5 heteroatoms. The SMILES string of the molecule is COCC1(C(=O)N2Cc3ccccc3C(C(=O)O)C2)CCC1. The van der Waals surface area contributed by atoms with Crippen LogP contribution in [-0.4, -0.2) is 42.1 Å². The lowest BCUT2D eigenvalue weighted by molar-refractivity contribution is -0.154. The monoisotopic (exact) mass is 303 g/mol. The predicted molar refractivity (Wildman–Crippen MR) is 80.4 cm³/mol. The zero-order chi connectivity index (χ0) is 15.7. The Morgan fingerprint density at radius 3 is 2.68 bits per heavy atom. The summed E-state index contributed by atoms with van der Waals surface area (Å²) in [5.41, 5.74) is 1.32. The molecule has 1 unspecified atom stereocenters. The van der Waals surface area contributed by atoms with Gasteiger partial charge in [0.15, 0.2) is 0 Å². The summed E-state index contributed by atoms with van der Waals surface area (Å²) >= 11 is 0. The number of hydrogen-bond acceptors (Lipinski definition) is 3. The highest BCUT2D eigenvalue weighted by molar-refractivity contribution is 5.86. The summed E-state index contributed by atoms with van der Waals surface area (Å²) in [5.74, 6) is -1.48. The minimum Gasteiger partial charge on any atom is -0.481 e. The molecule has 5 nitrogen and oxygen atoms in total. The molecule has 1 saturated carbocycles. The zero-order valence-electron chi connectivity index (χ0n) is 12.7. The highest BCUT2D eigenvalue weighted by atomic mass is 16.5. The van der Waals surface area contributed by atoms with Gasteiger partial charge in [-0.3, -0.25) is 9.59 Å². The second-order valence-corrected chi connectivity index (χ2v) is 6.34. The van der Waals surface area contributed by atoms with Gasteiger partial charge in [0.1, 0.15) is 0 Å². The van der Waals surface area contributed by atoms with Gasteiger partial charge in [0.2, 0.25) is 5.91 Å². The number of carbonyl (C=O) groups excluding carboxylic acids is 1. The third kappa shape index (κ3) is 2.39. The first kappa shape index (κ1) is 15.0. The molecule has 2 aliphatic rings. The number of aliphatic carboxylic acids is 1. The summed E-state index contributed by atoms with van der Waals surface area (Å²) in [4.78, 5) is 26.2. The van der Waals surface area contributed by atoms with E-state index in [1.165, 1.54) is 0 Å². The van der Waals surface area contributed by atoms with Gasteiger partial charge in [0.05, 0.1) is 17.9 Å². The Morgan fingerprint density at radius 2 is 2.09 bits per heavy atom. The second kappa shape index (κ2) is 5.72. The van der Waals surface area contributed by atoms with Gasteiger partial charge in [-0.2, -0.15) is 0 Å². The molecule has 0 aromatic heterocycles. The molecule has 22 heavy (non-hydrogen) atoms. The van der Waals surface area contributed by atoms with E-state index in [-0.39, 0.29) is 12.5 Å². The largest absolute Gasteiger partial charge is 0.481 e. The van der Waals surface area contributed by atoms with Gasteiger partial charge in [-0.05, 0) is 24.0 Å². The Labute approximate surface area is 129 Å². The predicted octanol–water partition coefficient (Wildman–Crippen LogP) is 2.01. The van der Waals surface area contributed by atoms with Crippen molar-refractivity contribution in [2.45, 2.75) is 31.7 Å². The van der Waals surface area contributed by atoms with Crippen LogP contribution < -0.4 is 0 Å². The number of carboxylic acids is 1. The molecule has 1 atom stereocenters. The van der Waals surface area contributed by atoms with Crippen molar-refractivity contribution in [3.05, 3.63) is 35.4 Å². The maximum Gasteiger partial charge on any atom is 0.312 e. The van der Waals surface area contributed by atoms with Crippen LogP contribution >= 0.6 is 0 Å². The lowest BCUT2D eigenvalue weighted by Gasteiger charge is -2.45. The molecule has 3 rings (SSSR count). The fourth-order valence-corrected chi connectivity index (χ4v) is 3.61. The molecule has 1 aliphatic carbocycles. The van der Waals surface area contributed by atoms with Crippen molar-refractivity contribution >= 4 is 11.9 Å². The first-order valence-electron chi connectivity index (χ1n) is 7.66. The number of benzene rings is 1. The van der Waals surface area contributed by atoms with E-state index in [0.29, 0.717) is 13.2 Å². The molecule has 118 valence electrons. The Morgan fingerprint density at radius 1 is 1.36 bits per heavy atom. The summed E-state index contributed by atoms with van der Waals surface area (Å²) in [7, 11) is 1.61. The fourth-order valence-electron chi connectivity index (χ4n) is 3.61. The Kier molecular flexibility index (Phi) is 3.91. The molecule has 0 radical (unpaired) electrons. The van der Waals surface area contributed by atoms with Gasteiger partial charge in [-0.1, -0.05) is 30.7 Å². The Hall–Kier alpha value is -1.88. The molecule has 0 spiro atoms. The van der Waals surface area contributed by atoms with E-state index < -0.39 is 17.3 Å². The number of rotatable bonds is 4. The van der Waals surface area contributed by atoms with E-state index in [0.717, 1.165) is 30.4 Å². The van der Waals surface area contributed by atoms with Crippen molar-refractivity contribution < 1.29 is 19.4 Å². The first-order chi connectivity index (χ1) is 10.6. The van der Waals surface area contributed by atoms with Crippen molar-refractivity contribution in [2.24, 2.45) is 5.41 Å². The van der Waals surface area contributed by atoms with Crippen molar-refractivity contribution in [1.82, 2.24) is 4.90 Å². The number of hydrogen-bond donors (Lipinski definition) is 1. The number of carbonyl (C=O) groups is 2. The van der Waals surface area contributed by atoms with Gasteiger partial charge >= 0.3 is 5.97 Å². The van der Waals surface area contributed by atoms with Crippen LogP contribution in [0.2, 0.25) is 0 Å². The molecule has 1 heterocycles. The van der Waals surface area contributed by atoms with Gasteiger partial charge in [0, 0.05) is 20.2 Å². The quantitative estimate of drug-likeness (QED) is 0.924. The number of methoxy groups -OCH3 is 1. The summed E-state index contributed by atoms with van der Waals surface area (Å²) in [6.45, 7) is 1.16. The summed E-state index contributed by atoms with van der Waals surface area (Å²) < 4.78 is 5.24. The van der Waals surface area contributed by atoms with E-state index in [1.807, 2.05) is 24.3 Å². The van der Waals surface area contributed by atoms with Crippen molar-refractivity contribution in [2.75, 3.05) is 20.3 Å². The molecular weight excluding hydrogens is 282 g/mol. The van der Waals surface area contributed by atoms with Crippen LogP contribution in [0.1, 0.15) is 36.3 Å². The minimum atomic E-state index is -0.876. The van der Waals surface area contributed by atoms with Crippen LogP contribution in [0.3, 0.4) is 0 Å². The minimum absolute atomic E-state index is 0.0429. The van der Waals surface area contributed by atoms with Gasteiger partial charge in [-0.25, -0.2) is 0 Å². The van der Waals surface area contributed by atoms with Crippen LogP contribution in [0.25, 0.3) is 0 Å². The fraction of sp³-hybridized carbons (Fsp3) is 0.529. The average molecular weight is 303 g/mol. The topological polar surface area (TPSA) is 66.8 Å². The molecule has 1 amide bonds. The number of nitrogens with zero attached hydrogens (tertiary/aromatic N) is 1. The summed E-state index contributed by atoms with van der Waals surface area (Å²) in [6.07, 6.45) is 2.69. The zero-order valence-corrected chi connectivity index (χ0v) is 12.7. The average Bonchev–Trinajstić information content (AvgIpc) is 2.49. The molecule has 1 aliphatic heterocycles. The van der Waals surface area contributed by atoms with Crippen LogP contribution in [0.5, 0.6) is 0 Å². The standard InChI is InChI=1S/C17H21NO4/c1-22-11-17(7-4-8-17)16(21)18-9-12-5-2-3-6-13(12)14(10-18)15(19)20/h2-3,5-6,14H,4,7-11H2,1H3,(H,19,20). The second-order valence-electron chi connectivity index (χ2n) is 6.34. The van der Waals surface area contributed by atoms with E-state index in [9.17, 15) is 14.7 Å². The summed E-state index contributed by atoms with van der Waals surface area (Å²) in [5, 5.41) is 9.50. The maximum atomic E-state index is 12.9. The van der Waals surface area contributed by atoms with E-state index >= 15 is 0 Å². The van der Waals surface area contributed by atoms with E-state index in [2.05, 4.69) is 0 Å². The van der Waals surface area contributed by atoms with Crippen molar-refractivity contribution in [3.63, 3.8) is 0 Å². The third-order valence-corrected chi connectivity index (χ3v) is 4.96. The number of ether oxygens (including phenoxy) is 1. The smallest absolute Gasteiger partial charge is 0.312 e. The van der Waals surface area contributed by atoms with Crippen LogP contribution in [0, 0.1) is 5.41 Å². The molecule has 1 N–H and O–H groups in total. The lowest BCUT2D eigenvalue weighted by Crippen LogP contribution is -2.52. The third-order valence-electron chi connectivity index (χ3n) is 4.96. The van der Waals surface area contributed by atoms with Gasteiger partial charge in [0.25, 0.3) is 0 Å². The van der Waals surface area contributed by atoms with Crippen LogP contribution in [0.15, 0.2) is 24.3 Å². The molecular formula is C17H21NO4. The molecule has 1 aromatic rings.